The monoisotopic (exact) mass is 252 g/mol. The Morgan fingerprint density at radius 3 is 2.44 bits per heavy atom. The van der Waals surface area contributed by atoms with E-state index < -0.39 is 0 Å². The Morgan fingerprint density at radius 1 is 1.00 bits per heavy atom. The standard InChI is InChI=1S/C16H32N2/c1-3-11-17-16-8-6-5-7-15(16)13-18(4-2)12-14-9-10-14/h14-17H,3-13H2,1-2H3. The summed E-state index contributed by atoms with van der Waals surface area (Å²) in [7, 11) is 0. The molecule has 0 heterocycles. The van der Waals surface area contributed by atoms with E-state index in [1.165, 1.54) is 71.1 Å². The van der Waals surface area contributed by atoms with Crippen molar-refractivity contribution in [3.63, 3.8) is 0 Å². The van der Waals surface area contributed by atoms with Crippen molar-refractivity contribution in [2.24, 2.45) is 11.8 Å². The molecule has 2 unspecified atom stereocenters. The SMILES string of the molecule is CCCNC1CCCCC1CN(CC)CC1CC1. The van der Waals surface area contributed by atoms with Crippen LogP contribution in [-0.4, -0.2) is 37.1 Å². The van der Waals surface area contributed by atoms with Crippen LogP contribution in [0.25, 0.3) is 0 Å². The van der Waals surface area contributed by atoms with Crippen molar-refractivity contribution >= 4 is 0 Å². The Bertz CT molecular complexity index is 225. The summed E-state index contributed by atoms with van der Waals surface area (Å²) in [6.07, 6.45) is 9.98. The summed E-state index contributed by atoms with van der Waals surface area (Å²) in [6, 6.07) is 0.798. The molecular formula is C16H32N2. The predicted octanol–water partition coefficient (Wildman–Crippen LogP) is 3.28. The molecule has 2 heteroatoms. The van der Waals surface area contributed by atoms with E-state index in [9.17, 15) is 0 Å². The quantitative estimate of drug-likeness (QED) is 0.713. The Kier molecular flexibility index (Phi) is 5.97. The van der Waals surface area contributed by atoms with Gasteiger partial charge in [-0.2, -0.15) is 0 Å². The van der Waals surface area contributed by atoms with E-state index in [0.29, 0.717) is 0 Å². The summed E-state index contributed by atoms with van der Waals surface area (Å²) in [4.78, 5) is 2.72. The second-order valence-corrected chi connectivity index (χ2v) is 6.40. The predicted molar refractivity (Wildman–Crippen MR) is 78.9 cm³/mol. The van der Waals surface area contributed by atoms with Crippen LogP contribution < -0.4 is 5.32 Å². The number of nitrogens with zero attached hydrogens (tertiary/aromatic N) is 1. The second-order valence-electron chi connectivity index (χ2n) is 6.40. The van der Waals surface area contributed by atoms with Crippen molar-refractivity contribution < 1.29 is 0 Å². The highest BCUT2D eigenvalue weighted by Gasteiger charge is 2.29. The lowest BCUT2D eigenvalue weighted by Crippen LogP contribution is -2.44. The minimum atomic E-state index is 0.798. The van der Waals surface area contributed by atoms with E-state index in [2.05, 4.69) is 24.1 Å². The fourth-order valence-corrected chi connectivity index (χ4v) is 3.35. The van der Waals surface area contributed by atoms with Gasteiger partial charge >= 0.3 is 0 Å². The van der Waals surface area contributed by atoms with Crippen molar-refractivity contribution in [1.82, 2.24) is 10.2 Å². The summed E-state index contributed by atoms with van der Waals surface area (Å²) in [5.74, 6) is 1.94. The van der Waals surface area contributed by atoms with Gasteiger partial charge in [-0.3, -0.25) is 0 Å². The zero-order valence-electron chi connectivity index (χ0n) is 12.5. The molecule has 2 aliphatic rings. The fourth-order valence-electron chi connectivity index (χ4n) is 3.35. The average molecular weight is 252 g/mol. The largest absolute Gasteiger partial charge is 0.314 e. The van der Waals surface area contributed by atoms with E-state index >= 15 is 0 Å². The maximum absolute atomic E-state index is 3.79. The summed E-state index contributed by atoms with van der Waals surface area (Å²) >= 11 is 0. The first-order valence-corrected chi connectivity index (χ1v) is 8.29. The van der Waals surface area contributed by atoms with Gasteiger partial charge in [0.1, 0.15) is 0 Å². The molecule has 106 valence electrons. The molecule has 18 heavy (non-hydrogen) atoms. The van der Waals surface area contributed by atoms with Gasteiger partial charge in [0.25, 0.3) is 0 Å². The first kappa shape index (κ1) is 14.3. The molecule has 2 saturated carbocycles. The number of nitrogens with one attached hydrogen (secondary N) is 1. The first-order chi connectivity index (χ1) is 8.83. The molecule has 0 aromatic carbocycles. The molecule has 2 nitrogen and oxygen atoms in total. The van der Waals surface area contributed by atoms with Crippen molar-refractivity contribution in [2.75, 3.05) is 26.2 Å². The van der Waals surface area contributed by atoms with Crippen molar-refractivity contribution in [2.45, 2.75) is 64.8 Å². The Morgan fingerprint density at radius 2 is 1.78 bits per heavy atom. The highest BCUT2D eigenvalue weighted by Crippen LogP contribution is 2.31. The van der Waals surface area contributed by atoms with Crippen LogP contribution in [0.5, 0.6) is 0 Å². The highest BCUT2D eigenvalue weighted by atomic mass is 15.1. The minimum Gasteiger partial charge on any atom is -0.314 e. The number of rotatable bonds is 8. The molecule has 0 amide bonds. The van der Waals surface area contributed by atoms with Gasteiger partial charge in [0.05, 0.1) is 0 Å². The van der Waals surface area contributed by atoms with Gasteiger partial charge in [-0.25, -0.2) is 0 Å². The summed E-state index contributed by atoms with van der Waals surface area (Å²) < 4.78 is 0. The van der Waals surface area contributed by atoms with Gasteiger partial charge in [0.15, 0.2) is 0 Å². The van der Waals surface area contributed by atoms with Gasteiger partial charge in [-0.05, 0) is 57.0 Å². The first-order valence-electron chi connectivity index (χ1n) is 8.29. The van der Waals surface area contributed by atoms with Crippen LogP contribution in [0, 0.1) is 11.8 Å². The molecule has 0 aromatic heterocycles. The molecule has 2 fully saturated rings. The van der Waals surface area contributed by atoms with Crippen molar-refractivity contribution in [3.05, 3.63) is 0 Å². The van der Waals surface area contributed by atoms with Gasteiger partial charge in [-0.15, -0.1) is 0 Å². The zero-order valence-corrected chi connectivity index (χ0v) is 12.5. The van der Waals surface area contributed by atoms with Crippen LogP contribution in [-0.2, 0) is 0 Å². The highest BCUT2D eigenvalue weighted by molar-refractivity contribution is 4.85. The molecule has 2 aliphatic carbocycles. The molecule has 0 radical (unpaired) electrons. The van der Waals surface area contributed by atoms with Gasteiger partial charge in [0, 0.05) is 19.1 Å². The molecule has 0 bridgehead atoms. The van der Waals surface area contributed by atoms with E-state index in [4.69, 9.17) is 0 Å². The lowest BCUT2D eigenvalue weighted by Gasteiger charge is -2.36. The van der Waals surface area contributed by atoms with Gasteiger partial charge < -0.3 is 10.2 Å². The minimum absolute atomic E-state index is 0.798. The van der Waals surface area contributed by atoms with E-state index in [0.717, 1.165) is 17.9 Å². The van der Waals surface area contributed by atoms with Crippen LogP contribution >= 0.6 is 0 Å². The third-order valence-corrected chi connectivity index (χ3v) is 4.72. The number of hydrogen-bond acceptors (Lipinski definition) is 2. The molecular weight excluding hydrogens is 220 g/mol. The maximum atomic E-state index is 3.79. The molecule has 0 saturated heterocycles. The maximum Gasteiger partial charge on any atom is 0.0107 e. The summed E-state index contributed by atoms with van der Waals surface area (Å²) in [5, 5.41) is 3.79. The van der Waals surface area contributed by atoms with Crippen LogP contribution in [0.2, 0.25) is 0 Å². The topological polar surface area (TPSA) is 15.3 Å². The van der Waals surface area contributed by atoms with E-state index in [-0.39, 0.29) is 0 Å². The van der Waals surface area contributed by atoms with Gasteiger partial charge in [-0.1, -0.05) is 26.7 Å². The van der Waals surface area contributed by atoms with Crippen molar-refractivity contribution in [3.8, 4) is 0 Å². The Hall–Kier alpha value is -0.0800. The molecule has 0 aliphatic heterocycles. The summed E-state index contributed by atoms with van der Waals surface area (Å²) in [5.41, 5.74) is 0. The average Bonchev–Trinajstić information content (AvgIpc) is 3.21. The normalized spacial score (nSPS) is 28.8. The van der Waals surface area contributed by atoms with Gasteiger partial charge in [0.2, 0.25) is 0 Å². The third-order valence-electron chi connectivity index (χ3n) is 4.72. The van der Waals surface area contributed by atoms with Crippen molar-refractivity contribution in [1.29, 1.82) is 0 Å². The smallest absolute Gasteiger partial charge is 0.0107 e. The molecule has 1 N–H and O–H groups in total. The Labute approximate surface area is 114 Å². The van der Waals surface area contributed by atoms with Crippen LogP contribution in [0.1, 0.15) is 58.8 Å². The molecule has 2 rings (SSSR count). The number of hydrogen-bond donors (Lipinski definition) is 1. The lowest BCUT2D eigenvalue weighted by molar-refractivity contribution is 0.168. The lowest BCUT2D eigenvalue weighted by atomic mass is 9.84. The third kappa shape index (κ3) is 4.55. The van der Waals surface area contributed by atoms with Crippen LogP contribution in [0.4, 0.5) is 0 Å². The second kappa shape index (κ2) is 7.49. The van der Waals surface area contributed by atoms with Crippen LogP contribution in [0.15, 0.2) is 0 Å². The Balaban J connectivity index is 1.78. The molecule has 0 spiro atoms. The zero-order chi connectivity index (χ0) is 12.8. The summed E-state index contributed by atoms with van der Waals surface area (Å²) in [6.45, 7) is 9.77. The fraction of sp³-hybridized carbons (Fsp3) is 1.00. The van der Waals surface area contributed by atoms with E-state index in [1.54, 1.807) is 0 Å². The molecule has 2 atom stereocenters. The van der Waals surface area contributed by atoms with Crippen LogP contribution in [0.3, 0.4) is 0 Å². The molecule has 0 aromatic rings. The van der Waals surface area contributed by atoms with E-state index in [1.807, 2.05) is 0 Å².